The van der Waals surface area contributed by atoms with Crippen LogP contribution in [0.15, 0.2) is 42.1 Å². The van der Waals surface area contributed by atoms with E-state index in [9.17, 15) is 9.90 Å². The molecule has 0 saturated heterocycles. The van der Waals surface area contributed by atoms with Crippen molar-refractivity contribution in [3.8, 4) is 0 Å². The van der Waals surface area contributed by atoms with Gasteiger partial charge in [0, 0.05) is 23.2 Å². The van der Waals surface area contributed by atoms with Crippen LogP contribution in [0.25, 0.3) is 0 Å². The first kappa shape index (κ1) is 12.6. The SMILES string of the molecule is C=C=C(C)C1(O)c2ccccc2C(=O)N1CCC. The predicted octanol–water partition coefficient (Wildman–Crippen LogP) is 2.43. The van der Waals surface area contributed by atoms with E-state index in [2.05, 4.69) is 12.3 Å². The van der Waals surface area contributed by atoms with E-state index in [-0.39, 0.29) is 5.91 Å². The lowest BCUT2D eigenvalue weighted by atomic mass is 9.95. The summed E-state index contributed by atoms with van der Waals surface area (Å²) in [6, 6.07) is 7.15. The fraction of sp³-hybridized carbons (Fsp3) is 0.333. The van der Waals surface area contributed by atoms with Crippen LogP contribution in [0.2, 0.25) is 0 Å². The molecule has 1 amide bonds. The number of hydrogen-bond donors (Lipinski definition) is 1. The summed E-state index contributed by atoms with van der Waals surface area (Å²) in [5.41, 5.74) is 3.05. The summed E-state index contributed by atoms with van der Waals surface area (Å²) >= 11 is 0. The highest BCUT2D eigenvalue weighted by atomic mass is 16.3. The van der Waals surface area contributed by atoms with Crippen molar-refractivity contribution in [2.45, 2.75) is 26.0 Å². The molecule has 1 unspecified atom stereocenters. The number of benzene rings is 1. The Labute approximate surface area is 107 Å². The van der Waals surface area contributed by atoms with Crippen LogP contribution in [0, 0.1) is 0 Å². The molecule has 0 saturated carbocycles. The Balaban J connectivity index is 2.67. The minimum absolute atomic E-state index is 0.135. The molecular formula is C15H17NO2. The highest BCUT2D eigenvalue weighted by Crippen LogP contribution is 2.41. The Morgan fingerprint density at radius 3 is 2.78 bits per heavy atom. The van der Waals surface area contributed by atoms with Gasteiger partial charge in [-0.25, -0.2) is 0 Å². The number of nitrogens with zero attached hydrogens (tertiary/aromatic N) is 1. The van der Waals surface area contributed by atoms with Crippen LogP contribution in [0.4, 0.5) is 0 Å². The van der Waals surface area contributed by atoms with E-state index < -0.39 is 5.72 Å². The molecular weight excluding hydrogens is 226 g/mol. The second-order valence-electron chi connectivity index (χ2n) is 4.48. The van der Waals surface area contributed by atoms with Gasteiger partial charge in [0.05, 0.1) is 0 Å². The number of aliphatic hydroxyl groups is 1. The maximum absolute atomic E-state index is 12.3. The average Bonchev–Trinajstić information content (AvgIpc) is 2.62. The number of carbonyl (C=O) groups is 1. The molecule has 1 atom stereocenters. The Kier molecular flexibility index (Phi) is 3.12. The second kappa shape index (κ2) is 4.45. The molecule has 3 nitrogen and oxygen atoms in total. The van der Waals surface area contributed by atoms with Gasteiger partial charge in [-0.1, -0.05) is 31.7 Å². The number of hydrogen-bond acceptors (Lipinski definition) is 2. The molecule has 2 rings (SSSR count). The van der Waals surface area contributed by atoms with Crippen molar-refractivity contribution < 1.29 is 9.90 Å². The Morgan fingerprint density at radius 2 is 2.17 bits per heavy atom. The first-order valence-electron chi connectivity index (χ1n) is 6.08. The van der Waals surface area contributed by atoms with Crippen molar-refractivity contribution in [2.75, 3.05) is 6.54 Å². The molecule has 94 valence electrons. The van der Waals surface area contributed by atoms with E-state index >= 15 is 0 Å². The highest BCUT2D eigenvalue weighted by Gasteiger charge is 2.49. The molecule has 0 bridgehead atoms. The van der Waals surface area contributed by atoms with Crippen molar-refractivity contribution in [1.82, 2.24) is 4.90 Å². The van der Waals surface area contributed by atoms with Crippen LogP contribution >= 0.6 is 0 Å². The van der Waals surface area contributed by atoms with E-state index in [4.69, 9.17) is 0 Å². The topological polar surface area (TPSA) is 40.5 Å². The number of rotatable bonds is 3. The van der Waals surface area contributed by atoms with Gasteiger partial charge in [0.15, 0.2) is 5.72 Å². The zero-order valence-electron chi connectivity index (χ0n) is 10.7. The molecule has 0 radical (unpaired) electrons. The normalized spacial score (nSPS) is 21.7. The van der Waals surface area contributed by atoms with Crippen molar-refractivity contribution in [1.29, 1.82) is 0 Å². The third kappa shape index (κ3) is 1.52. The minimum Gasteiger partial charge on any atom is -0.363 e. The number of fused-ring (bicyclic) bond motifs is 1. The second-order valence-corrected chi connectivity index (χ2v) is 4.48. The molecule has 0 aromatic heterocycles. The van der Waals surface area contributed by atoms with Gasteiger partial charge in [0.25, 0.3) is 5.91 Å². The van der Waals surface area contributed by atoms with Crippen LogP contribution in [0.5, 0.6) is 0 Å². The van der Waals surface area contributed by atoms with Gasteiger partial charge in [-0.2, -0.15) is 0 Å². The fourth-order valence-electron chi connectivity index (χ4n) is 2.43. The van der Waals surface area contributed by atoms with E-state index in [1.807, 2.05) is 13.0 Å². The summed E-state index contributed by atoms with van der Waals surface area (Å²) in [7, 11) is 0. The standard InChI is InChI=1S/C15H17NO2/c1-4-10-16-14(17)12-8-6-7-9-13(12)15(16,18)11(3)5-2/h6-9,18H,2,4,10H2,1,3H3. The summed E-state index contributed by atoms with van der Waals surface area (Å²) in [5, 5.41) is 10.9. The monoisotopic (exact) mass is 243 g/mol. The largest absolute Gasteiger partial charge is 0.363 e. The zero-order valence-corrected chi connectivity index (χ0v) is 10.7. The zero-order chi connectivity index (χ0) is 13.3. The van der Waals surface area contributed by atoms with Gasteiger partial charge < -0.3 is 10.0 Å². The van der Waals surface area contributed by atoms with Crippen LogP contribution in [-0.4, -0.2) is 22.5 Å². The highest BCUT2D eigenvalue weighted by molar-refractivity contribution is 6.00. The predicted molar refractivity (Wildman–Crippen MR) is 70.0 cm³/mol. The molecule has 18 heavy (non-hydrogen) atoms. The molecule has 0 spiro atoms. The van der Waals surface area contributed by atoms with E-state index in [0.29, 0.717) is 23.2 Å². The molecule has 1 N–H and O–H groups in total. The smallest absolute Gasteiger partial charge is 0.257 e. The average molecular weight is 243 g/mol. The van der Waals surface area contributed by atoms with Gasteiger partial charge in [-0.05, 0) is 19.4 Å². The number of amides is 1. The molecule has 1 aliphatic heterocycles. The Bertz CT molecular complexity index is 543. The van der Waals surface area contributed by atoms with Crippen molar-refractivity contribution >= 4 is 5.91 Å². The van der Waals surface area contributed by atoms with Gasteiger partial charge in [0.1, 0.15) is 0 Å². The van der Waals surface area contributed by atoms with Gasteiger partial charge in [0.2, 0.25) is 0 Å². The summed E-state index contributed by atoms with van der Waals surface area (Å²) in [6.07, 6.45) is 0.784. The third-order valence-electron chi connectivity index (χ3n) is 3.40. The molecule has 1 aromatic carbocycles. The van der Waals surface area contributed by atoms with Crippen LogP contribution in [0.3, 0.4) is 0 Å². The quantitative estimate of drug-likeness (QED) is 0.828. The summed E-state index contributed by atoms with van der Waals surface area (Å²) < 4.78 is 0. The van der Waals surface area contributed by atoms with E-state index in [1.165, 1.54) is 4.90 Å². The fourth-order valence-corrected chi connectivity index (χ4v) is 2.43. The molecule has 0 aliphatic carbocycles. The summed E-state index contributed by atoms with van der Waals surface area (Å²) in [5.74, 6) is -0.135. The van der Waals surface area contributed by atoms with Crippen molar-refractivity contribution in [3.05, 3.63) is 53.3 Å². The number of carbonyl (C=O) groups excluding carboxylic acids is 1. The summed E-state index contributed by atoms with van der Waals surface area (Å²) in [6.45, 7) is 7.80. The van der Waals surface area contributed by atoms with Gasteiger partial charge >= 0.3 is 0 Å². The van der Waals surface area contributed by atoms with Crippen LogP contribution in [0.1, 0.15) is 36.2 Å². The Morgan fingerprint density at radius 1 is 1.50 bits per heavy atom. The lowest BCUT2D eigenvalue weighted by Crippen LogP contribution is -2.45. The third-order valence-corrected chi connectivity index (χ3v) is 3.40. The molecule has 1 aliphatic rings. The molecule has 0 fully saturated rings. The maximum Gasteiger partial charge on any atom is 0.257 e. The van der Waals surface area contributed by atoms with Crippen molar-refractivity contribution in [3.63, 3.8) is 0 Å². The molecule has 1 aromatic rings. The first-order chi connectivity index (χ1) is 8.57. The maximum atomic E-state index is 12.3. The first-order valence-corrected chi connectivity index (χ1v) is 6.08. The summed E-state index contributed by atoms with van der Waals surface area (Å²) in [4.78, 5) is 13.8. The van der Waals surface area contributed by atoms with Crippen LogP contribution in [-0.2, 0) is 5.72 Å². The van der Waals surface area contributed by atoms with E-state index in [1.54, 1.807) is 25.1 Å². The molecule has 1 heterocycles. The van der Waals surface area contributed by atoms with Crippen LogP contribution < -0.4 is 0 Å². The minimum atomic E-state index is -1.40. The molecule has 3 heteroatoms. The van der Waals surface area contributed by atoms with E-state index in [0.717, 1.165) is 6.42 Å². The van der Waals surface area contributed by atoms with Crippen molar-refractivity contribution in [2.24, 2.45) is 0 Å². The lowest BCUT2D eigenvalue weighted by molar-refractivity contribution is -0.0528. The van der Waals surface area contributed by atoms with Gasteiger partial charge in [-0.15, -0.1) is 5.73 Å². The Hall–Kier alpha value is -1.83. The lowest BCUT2D eigenvalue weighted by Gasteiger charge is -2.34. The van der Waals surface area contributed by atoms with Gasteiger partial charge in [-0.3, -0.25) is 4.79 Å².